The van der Waals surface area contributed by atoms with Gasteiger partial charge in [-0.05, 0) is 26.2 Å². The Labute approximate surface area is 141 Å². The van der Waals surface area contributed by atoms with Gasteiger partial charge in [0.1, 0.15) is 0 Å². The van der Waals surface area contributed by atoms with Crippen molar-refractivity contribution in [3.8, 4) is 0 Å². The molecule has 0 aromatic rings. The van der Waals surface area contributed by atoms with Crippen LogP contribution < -0.4 is 5.32 Å². The molecule has 4 nitrogen and oxygen atoms in total. The third-order valence-corrected chi connectivity index (χ3v) is 3.85. The number of rotatable bonds is 6. The molecular formula is C15H32IN3O. The summed E-state index contributed by atoms with van der Waals surface area (Å²) in [7, 11) is 2.07. The number of unbranched alkanes of at least 4 members (excludes halogenated alkanes) is 1. The molecule has 0 aliphatic heterocycles. The molecular weight excluding hydrogens is 365 g/mol. The Bertz CT molecular complexity index is 278. The van der Waals surface area contributed by atoms with Crippen molar-refractivity contribution in [2.45, 2.75) is 64.4 Å². The number of guanidine groups is 1. The number of aliphatic hydroxyl groups is 1. The lowest BCUT2D eigenvalue weighted by Crippen LogP contribution is -2.42. The minimum absolute atomic E-state index is 0. The van der Waals surface area contributed by atoms with Crippen LogP contribution in [0.4, 0.5) is 0 Å². The van der Waals surface area contributed by atoms with E-state index in [1.807, 2.05) is 0 Å². The summed E-state index contributed by atoms with van der Waals surface area (Å²) in [5, 5.41) is 13.8. The van der Waals surface area contributed by atoms with Crippen molar-refractivity contribution >= 4 is 29.9 Å². The van der Waals surface area contributed by atoms with Gasteiger partial charge in [-0.25, -0.2) is 0 Å². The summed E-state index contributed by atoms with van der Waals surface area (Å²) < 4.78 is 0. The van der Waals surface area contributed by atoms with E-state index in [9.17, 15) is 5.11 Å². The van der Waals surface area contributed by atoms with E-state index in [-0.39, 0.29) is 24.0 Å². The molecule has 0 unspecified atom stereocenters. The van der Waals surface area contributed by atoms with E-state index in [0.717, 1.165) is 44.7 Å². The molecule has 1 saturated carbocycles. The molecule has 0 aromatic heterocycles. The quantitative estimate of drug-likeness (QED) is 0.412. The summed E-state index contributed by atoms with van der Waals surface area (Å²) in [6.07, 6.45) is 7.67. The number of aliphatic imine (C=N–C) groups is 1. The Kier molecular flexibility index (Phi) is 10.6. The van der Waals surface area contributed by atoms with E-state index in [4.69, 9.17) is 0 Å². The number of hydrogen-bond acceptors (Lipinski definition) is 2. The molecule has 0 atom stereocenters. The lowest BCUT2D eigenvalue weighted by Gasteiger charge is -2.31. The summed E-state index contributed by atoms with van der Waals surface area (Å²) in [6.45, 7) is 6.70. The van der Waals surface area contributed by atoms with Crippen LogP contribution in [0.5, 0.6) is 0 Å². The van der Waals surface area contributed by atoms with Gasteiger partial charge in [0.25, 0.3) is 0 Å². The van der Waals surface area contributed by atoms with Gasteiger partial charge < -0.3 is 15.3 Å². The molecule has 1 aliphatic rings. The van der Waals surface area contributed by atoms with E-state index >= 15 is 0 Å². The van der Waals surface area contributed by atoms with Gasteiger partial charge in [0, 0.05) is 20.1 Å². The predicted octanol–water partition coefficient (Wildman–Crippen LogP) is 3.00. The normalized spacial score (nSPS) is 18.3. The molecule has 0 radical (unpaired) electrons. The SMILES string of the molecule is CCCCN(C)C(=NCC1(O)CCCCC1)NCC.I. The van der Waals surface area contributed by atoms with Crippen molar-refractivity contribution in [2.24, 2.45) is 4.99 Å². The molecule has 2 N–H and O–H groups in total. The average molecular weight is 397 g/mol. The van der Waals surface area contributed by atoms with Gasteiger partial charge in [-0.15, -0.1) is 24.0 Å². The van der Waals surface area contributed by atoms with E-state index < -0.39 is 5.60 Å². The molecule has 0 aromatic carbocycles. The zero-order chi connectivity index (χ0) is 14.1. The summed E-state index contributed by atoms with van der Waals surface area (Å²) in [5.41, 5.74) is -0.565. The summed E-state index contributed by atoms with van der Waals surface area (Å²) >= 11 is 0. The van der Waals surface area contributed by atoms with Crippen molar-refractivity contribution in [2.75, 3.05) is 26.7 Å². The van der Waals surface area contributed by atoms with Gasteiger partial charge in [0.15, 0.2) is 5.96 Å². The molecule has 0 heterocycles. The number of hydrogen-bond donors (Lipinski definition) is 2. The number of halogens is 1. The van der Waals surface area contributed by atoms with Crippen LogP contribution in [0, 0.1) is 0 Å². The molecule has 0 spiro atoms. The van der Waals surface area contributed by atoms with E-state index in [1.54, 1.807) is 0 Å². The van der Waals surface area contributed by atoms with Gasteiger partial charge in [-0.1, -0.05) is 32.6 Å². The fourth-order valence-corrected chi connectivity index (χ4v) is 2.56. The highest BCUT2D eigenvalue weighted by atomic mass is 127. The molecule has 120 valence electrons. The van der Waals surface area contributed by atoms with Crippen LogP contribution in [-0.4, -0.2) is 48.2 Å². The largest absolute Gasteiger partial charge is 0.388 e. The first-order valence-corrected chi connectivity index (χ1v) is 7.83. The Morgan fingerprint density at radius 2 is 1.90 bits per heavy atom. The maximum Gasteiger partial charge on any atom is 0.193 e. The van der Waals surface area contributed by atoms with Crippen molar-refractivity contribution < 1.29 is 5.11 Å². The van der Waals surface area contributed by atoms with Crippen LogP contribution in [0.3, 0.4) is 0 Å². The minimum Gasteiger partial charge on any atom is -0.388 e. The molecule has 1 aliphatic carbocycles. The zero-order valence-corrected chi connectivity index (χ0v) is 15.7. The van der Waals surface area contributed by atoms with Gasteiger partial charge >= 0.3 is 0 Å². The standard InChI is InChI=1S/C15H31N3O.HI/c1-4-6-12-18(3)14(16-5-2)17-13-15(19)10-8-7-9-11-15;/h19H,4-13H2,1-3H3,(H,16,17);1H. The van der Waals surface area contributed by atoms with Gasteiger partial charge in [-0.3, -0.25) is 4.99 Å². The lowest BCUT2D eigenvalue weighted by molar-refractivity contribution is 0.0130. The van der Waals surface area contributed by atoms with Crippen molar-refractivity contribution in [1.29, 1.82) is 0 Å². The van der Waals surface area contributed by atoms with Gasteiger partial charge in [0.05, 0.1) is 12.1 Å². The highest BCUT2D eigenvalue weighted by molar-refractivity contribution is 14.0. The Morgan fingerprint density at radius 3 is 2.45 bits per heavy atom. The van der Waals surface area contributed by atoms with Crippen molar-refractivity contribution in [3.05, 3.63) is 0 Å². The first-order chi connectivity index (χ1) is 9.11. The minimum atomic E-state index is -0.565. The third kappa shape index (κ3) is 7.11. The first kappa shape index (κ1) is 20.0. The van der Waals surface area contributed by atoms with E-state index in [0.29, 0.717) is 6.54 Å². The van der Waals surface area contributed by atoms with Crippen LogP contribution in [0.15, 0.2) is 4.99 Å². The number of nitrogens with zero attached hydrogens (tertiary/aromatic N) is 2. The highest BCUT2D eigenvalue weighted by Gasteiger charge is 2.29. The van der Waals surface area contributed by atoms with Crippen molar-refractivity contribution in [3.63, 3.8) is 0 Å². The fourth-order valence-electron chi connectivity index (χ4n) is 2.56. The van der Waals surface area contributed by atoms with E-state index in [2.05, 4.69) is 36.1 Å². The second-order valence-corrected chi connectivity index (χ2v) is 5.73. The maximum atomic E-state index is 10.5. The Balaban J connectivity index is 0.00000361. The van der Waals surface area contributed by atoms with E-state index in [1.165, 1.54) is 19.3 Å². The average Bonchev–Trinajstić information content (AvgIpc) is 2.41. The van der Waals surface area contributed by atoms with Gasteiger partial charge in [-0.2, -0.15) is 0 Å². The van der Waals surface area contributed by atoms with Crippen LogP contribution in [0.2, 0.25) is 0 Å². The third-order valence-electron chi connectivity index (χ3n) is 3.85. The van der Waals surface area contributed by atoms with Crippen LogP contribution in [0.1, 0.15) is 58.8 Å². The smallest absolute Gasteiger partial charge is 0.193 e. The summed E-state index contributed by atoms with van der Waals surface area (Å²) in [4.78, 5) is 6.81. The lowest BCUT2D eigenvalue weighted by atomic mass is 9.85. The van der Waals surface area contributed by atoms with Crippen molar-refractivity contribution in [1.82, 2.24) is 10.2 Å². The maximum absolute atomic E-state index is 10.5. The van der Waals surface area contributed by atoms with Crippen LogP contribution in [-0.2, 0) is 0 Å². The second-order valence-electron chi connectivity index (χ2n) is 5.73. The molecule has 1 fully saturated rings. The first-order valence-electron chi connectivity index (χ1n) is 7.83. The molecule has 5 heteroatoms. The Morgan fingerprint density at radius 1 is 1.25 bits per heavy atom. The summed E-state index contributed by atoms with van der Waals surface area (Å²) in [6, 6.07) is 0. The molecule has 0 amide bonds. The summed E-state index contributed by atoms with van der Waals surface area (Å²) in [5.74, 6) is 0.926. The number of nitrogens with one attached hydrogen (secondary N) is 1. The zero-order valence-electron chi connectivity index (χ0n) is 13.3. The molecule has 0 saturated heterocycles. The monoisotopic (exact) mass is 397 g/mol. The van der Waals surface area contributed by atoms with Gasteiger partial charge in [0.2, 0.25) is 0 Å². The second kappa shape index (κ2) is 10.7. The fraction of sp³-hybridized carbons (Fsp3) is 0.933. The highest BCUT2D eigenvalue weighted by Crippen LogP contribution is 2.28. The van der Waals surface area contributed by atoms with Crippen LogP contribution >= 0.6 is 24.0 Å². The topological polar surface area (TPSA) is 47.9 Å². The van der Waals surface area contributed by atoms with Crippen LogP contribution in [0.25, 0.3) is 0 Å². The Hall–Kier alpha value is -0.0400. The molecule has 20 heavy (non-hydrogen) atoms. The molecule has 0 bridgehead atoms. The molecule has 1 rings (SSSR count). The predicted molar refractivity (Wildman–Crippen MR) is 97.0 cm³/mol.